The topological polar surface area (TPSA) is 96.9 Å². The Labute approximate surface area is 151 Å². The number of halogens is 1. The molecule has 3 rings (SSSR count). The lowest BCUT2D eigenvalue weighted by atomic mass is 9.91. The fraction of sp³-hybridized carbons (Fsp3) is 0.529. The number of hydrogen-bond donors (Lipinski definition) is 1. The zero-order chi connectivity index (χ0) is 17.8. The Hall–Kier alpha value is -2.17. The molecular weight excluding hydrogens is 342 g/mol. The number of aromatic nitrogens is 3. The van der Waals surface area contributed by atoms with E-state index in [1.165, 1.54) is 6.20 Å². The first-order valence-corrected chi connectivity index (χ1v) is 8.69. The molecule has 7 nitrogen and oxygen atoms in total. The first-order valence-electron chi connectivity index (χ1n) is 8.32. The minimum atomic E-state index is -0.207. The van der Waals surface area contributed by atoms with Crippen LogP contribution in [0.2, 0.25) is 5.02 Å². The number of ether oxygens (including phenoxy) is 1. The quantitative estimate of drug-likeness (QED) is 0.867. The lowest BCUT2D eigenvalue weighted by molar-refractivity contribution is 0.0571. The maximum Gasteiger partial charge on any atom is 0.249 e. The molecule has 0 spiro atoms. The summed E-state index contributed by atoms with van der Waals surface area (Å²) in [6, 6.07) is 3.41. The van der Waals surface area contributed by atoms with Crippen LogP contribution in [-0.4, -0.2) is 28.3 Å². The Balaban J connectivity index is 1.89. The van der Waals surface area contributed by atoms with Gasteiger partial charge in [-0.05, 0) is 24.8 Å². The molecular formula is C17H20ClN5O2. The van der Waals surface area contributed by atoms with Gasteiger partial charge in [-0.25, -0.2) is 4.98 Å². The van der Waals surface area contributed by atoms with Gasteiger partial charge in [-0.1, -0.05) is 30.6 Å². The third-order valence-corrected chi connectivity index (χ3v) is 4.53. The van der Waals surface area contributed by atoms with Gasteiger partial charge in [0.25, 0.3) is 0 Å². The maximum atomic E-state index is 8.96. The molecule has 1 aliphatic heterocycles. The highest BCUT2D eigenvalue weighted by atomic mass is 35.5. The highest BCUT2D eigenvalue weighted by Gasteiger charge is 2.31. The fourth-order valence-corrected chi connectivity index (χ4v) is 3.01. The summed E-state index contributed by atoms with van der Waals surface area (Å²) in [5, 5.41) is 16.7. The van der Waals surface area contributed by atoms with Crippen LogP contribution in [0.1, 0.15) is 55.9 Å². The Morgan fingerprint density at radius 3 is 2.72 bits per heavy atom. The van der Waals surface area contributed by atoms with Gasteiger partial charge in [-0.15, -0.1) is 0 Å². The lowest BCUT2D eigenvalue weighted by Crippen LogP contribution is -2.27. The molecule has 1 aliphatic rings. The maximum absolute atomic E-state index is 8.96. The van der Waals surface area contributed by atoms with Gasteiger partial charge < -0.3 is 14.6 Å². The van der Waals surface area contributed by atoms with Crippen LogP contribution in [0.5, 0.6) is 0 Å². The zero-order valence-corrected chi connectivity index (χ0v) is 15.0. The predicted octanol–water partition coefficient (Wildman–Crippen LogP) is 3.69. The molecule has 0 unspecified atom stereocenters. The molecule has 1 fully saturated rings. The van der Waals surface area contributed by atoms with Gasteiger partial charge in [0.05, 0.1) is 10.6 Å². The Kier molecular flexibility index (Phi) is 5.51. The molecule has 1 N–H and O–H groups in total. The van der Waals surface area contributed by atoms with E-state index >= 15 is 0 Å². The zero-order valence-electron chi connectivity index (χ0n) is 14.2. The van der Waals surface area contributed by atoms with Crippen molar-refractivity contribution in [3.8, 4) is 6.07 Å². The van der Waals surface area contributed by atoms with E-state index in [1.807, 2.05) is 19.9 Å². The summed E-state index contributed by atoms with van der Waals surface area (Å²) in [5.41, 5.74) is 0.415. The standard InChI is InChI=1S/C17H20ClN5O2/c1-10(2)15-22-17(25-23-15)14(12-3-5-24-6-4-12)21-16-13(18)7-11(8-19)9-20-16/h7,9-10,12,14H,3-6H2,1-2H3,(H,20,21)/t14-/m1/s1. The Morgan fingerprint density at radius 2 is 2.12 bits per heavy atom. The van der Waals surface area contributed by atoms with Crippen LogP contribution >= 0.6 is 11.6 Å². The molecule has 0 aliphatic carbocycles. The molecule has 1 saturated heterocycles. The second-order valence-electron chi connectivity index (χ2n) is 6.38. The van der Waals surface area contributed by atoms with Crippen molar-refractivity contribution >= 4 is 17.4 Å². The van der Waals surface area contributed by atoms with E-state index in [0.29, 0.717) is 41.3 Å². The Bertz CT molecular complexity index is 765. The SMILES string of the molecule is CC(C)c1noc([C@H](Nc2ncc(C#N)cc2Cl)C2CCOCC2)n1. The van der Waals surface area contributed by atoms with Crippen molar-refractivity contribution in [1.82, 2.24) is 15.1 Å². The van der Waals surface area contributed by atoms with E-state index in [-0.39, 0.29) is 17.9 Å². The smallest absolute Gasteiger partial charge is 0.249 e. The molecule has 0 bridgehead atoms. The summed E-state index contributed by atoms with van der Waals surface area (Å²) in [4.78, 5) is 8.81. The van der Waals surface area contributed by atoms with E-state index in [0.717, 1.165) is 12.8 Å². The van der Waals surface area contributed by atoms with E-state index in [2.05, 4.69) is 20.4 Å². The first-order chi connectivity index (χ1) is 12.1. The van der Waals surface area contributed by atoms with Gasteiger partial charge in [-0.2, -0.15) is 10.2 Å². The molecule has 25 heavy (non-hydrogen) atoms. The molecule has 0 aromatic carbocycles. The molecule has 8 heteroatoms. The van der Waals surface area contributed by atoms with Gasteiger partial charge in [0.15, 0.2) is 5.82 Å². The summed E-state index contributed by atoms with van der Waals surface area (Å²) < 4.78 is 11.0. The average Bonchev–Trinajstić information content (AvgIpc) is 3.11. The van der Waals surface area contributed by atoms with Crippen molar-refractivity contribution in [2.75, 3.05) is 18.5 Å². The minimum Gasteiger partial charge on any atom is -0.381 e. The van der Waals surface area contributed by atoms with E-state index in [4.69, 9.17) is 26.1 Å². The minimum absolute atomic E-state index is 0.185. The van der Waals surface area contributed by atoms with Gasteiger partial charge in [0.2, 0.25) is 5.89 Å². The van der Waals surface area contributed by atoms with Crippen molar-refractivity contribution in [3.63, 3.8) is 0 Å². The number of nitrogens with one attached hydrogen (secondary N) is 1. The van der Waals surface area contributed by atoms with Crippen LogP contribution in [0.4, 0.5) is 5.82 Å². The molecule has 3 heterocycles. The summed E-state index contributed by atoms with van der Waals surface area (Å²) >= 11 is 6.27. The summed E-state index contributed by atoms with van der Waals surface area (Å²) in [6.45, 7) is 5.43. The summed E-state index contributed by atoms with van der Waals surface area (Å²) in [6.07, 6.45) is 3.25. The van der Waals surface area contributed by atoms with Crippen molar-refractivity contribution < 1.29 is 9.26 Å². The predicted molar refractivity (Wildman–Crippen MR) is 92.3 cm³/mol. The van der Waals surface area contributed by atoms with E-state index in [1.54, 1.807) is 6.07 Å². The van der Waals surface area contributed by atoms with Gasteiger partial charge in [0.1, 0.15) is 17.9 Å². The molecule has 0 radical (unpaired) electrons. The van der Waals surface area contributed by atoms with E-state index < -0.39 is 0 Å². The van der Waals surface area contributed by atoms with Crippen LogP contribution in [0.25, 0.3) is 0 Å². The van der Waals surface area contributed by atoms with Crippen LogP contribution in [0.3, 0.4) is 0 Å². The number of rotatable bonds is 5. The van der Waals surface area contributed by atoms with Crippen LogP contribution in [-0.2, 0) is 4.74 Å². The van der Waals surface area contributed by atoms with E-state index in [9.17, 15) is 0 Å². The number of pyridine rings is 1. The van der Waals surface area contributed by atoms with Gasteiger partial charge in [-0.3, -0.25) is 0 Å². The normalized spacial score (nSPS) is 16.6. The Morgan fingerprint density at radius 1 is 1.36 bits per heavy atom. The first kappa shape index (κ1) is 17.6. The number of nitrogens with zero attached hydrogens (tertiary/aromatic N) is 4. The second-order valence-corrected chi connectivity index (χ2v) is 6.79. The molecule has 1 atom stereocenters. The van der Waals surface area contributed by atoms with Gasteiger partial charge in [0, 0.05) is 25.3 Å². The van der Waals surface area contributed by atoms with Crippen LogP contribution in [0, 0.1) is 17.2 Å². The number of hydrogen-bond acceptors (Lipinski definition) is 7. The van der Waals surface area contributed by atoms with Crippen molar-refractivity contribution in [3.05, 3.63) is 34.6 Å². The van der Waals surface area contributed by atoms with Crippen LogP contribution < -0.4 is 5.32 Å². The van der Waals surface area contributed by atoms with Crippen molar-refractivity contribution in [1.29, 1.82) is 5.26 Å². The molecule has 0 amide bonds. The number of nitriles is 1. The number of anilines is 1. The highest BCUT2D eigenvalue weighted by Crippen LogP contribution is 2.34. The average molecular weight is 362 g/mol. The lowest BCUT2D eigenvalue weighted by Gasteiger charge is -2.29. The molecule has 2 aromatic heterocycles. The van der Waals surface area contributed by atoms with Gasteiger partial charge >= 0.3 is 0 Å². The highest BCUT2D eigenvalue weighted by molar-refractivity contribution is 6.33. The third kappa shape index (κ3) is 4.09. The third-order valence-electron chi connectivity index (χ3n) is 4.24. The fourth-order valence-electron chi connectivity index (χ4n) is 2.79. The summed E-state index contributed by atoms with van der Waals surface area (Å²) in [7, 11) is 0. The largest absolute Gasteiger partial charge is 0.381 e. The van der Waals surface area contributed by atoms with Crippen LogP contribution in [0.15, 0.2) is 16.8 Å². The molecule has 0 saturated carbocycles. The monoisotopic (exact) mass is 361 g/mol. The van der Waals surface area contributed by atoms with Crippen molar-refractivity contribution in [2.45, 2.75) is 38.6 Å². The second kappa shape index (κ2) is 7.81. The van der Waals surface area contributed by atoms with Crippen molar-refractivity contribution in [2.24, 2.45) is 5.92 Å². The summed E-state index contributed by atoms with van der Waals surface area (Å²) in [5.74, 6) is 2.15. The molecule has 2 aromatic rings. The molecule has 132 valence electrons.